The number of esters is 1. The van der Waals surface area contributed by atoms with Gasteiger partial charge in [-0.2, -0.15) is 0 Å². The Kier molecular flexibility index (Phi) is 3.47. The summed E-state index contributed by atoms with van der Waals surface area (Å²) in [5.74, 6) is -0.748. The van der Waals surface area contributed by atoms with Gasteiger partial charge >= 0.3 is 5.97 Å². The maximum absolute atomic E-state index is 11.8. The fourth-order valence-corrected chi connectivity index (χ4v) is 3.42. The third kappa shape index (κ3) is 2.31. The van der Waals surface area contributed by atoms with Crippen molar-refractivity contribution in [3.63, 3.8) is 0 Å². The molecule has 5 nitrogen and oxygen atoms in total. The Morgan fingerprint density at radius 3 is 2.81 bits per heavy atom. The van der Waals surface area contributed by atoms with Gasteiger partial charge in [-0.15, -0.1) is 0 Å². The van der Waals surface area contributed by atoms with Crippen LogP contribution in [0.2, 0.25) is 0 Å². The summed E-state index contributed by atoms with van der Waals surface area (Å²) in [7, 11) is 1.29. The second-order valence-electron chi connectivity index (χ2n) is 4.75. The minimum atomic E-state index is -0.574. The van der Waals surface area contributed by atoms with Crippen LogP contribution in [-0.4, -0.2) is 30.4 Å². The van der Waals surface area contributed by atoms with E-state index in [-0.39, 0.29) is 11.5 Å². The number of anilines is 2. The predicted octanol–water partition coefficient (Wildman–Crippen LogP) is 2.83. The van der Waals surface area contributed by atoms with E-state index in [9.17, 15) is 9.59 Å². The van der Waals surface area contributed by atoms with Gasteiger partial charge < -0.3 is 9.64 Å². The van der Waals surface area contributed by atoms with Gasteiger partial charge in [0.15, 0.2) is 16.6 Å². The van der Waals surface area contributed by atoms with Gasteiger partial charge in [0.25, 0.3) is 0 Å². The number of nitrogens with zero attached hydrogens (tertiary/aromatic N) is 2. The molecule has 1 aromatic heterocycles. The average Bonchev–Trinajstić information content (AvgIpc) is 3.10. The maximum atomic E-state index is 11.8. The van der Waals surface area contributed by atoms with Crippen molar-refractivity contribution in [2.45, 2.75) is 13.3 Å². The maximum Gasteiger partial charge on any atom is 0.358 e. The van der Waals surface area contributed by atoms with Crippen molar-refractivity contribution in [2.24, 2.45) is 0 Å². The molecule has 0 N–H and O–H groups in total. The van der Waals surface area contributed by atoms with Gasteiger partial charge in [0.05, 0.1) is 7.11 Å². The molecule has 0 radical (unpaired) electrons. The zero-order valence-corrected chi connectivity index (χ0v) is 12.6. The van der Waals surface area contributed by atoms with Crippen molar-refractivity contribution in [3.05, 3.63) is 40.4 Å². The van der Waals surface area contributed by atoms with Crippen molar-refractivity contribution >= 4 is 33.9 Å². The molecule has 1 aliphatic heterocycles. The lowest BCUT2D eigenvalue weighted by Gasteiger charge is -2.15. The summed E-state index contributed by atoms with van der Waals surface area (Å²) in [6.07, 6.45) is 0.929. The molecule has 0 amide bonds. The van der Waals surface area contributed by atoms with Crippen molar-refractivity contribution in [1.82, 2.24) is 4.98 Å². The van der Waals surface area contributed by atoms with E-state index in [0.717, 1.165) is 18.7 Å². The number of aromatic nitrogens is 1. The molecule has 0 fully saturated rings. The van der Waals surface area contributed by atoms with E-state index in [2.05, 4.69) is 11.1 Å². The first kappa shape index (κ1) is 13.8. The number of methoxy groups -OCH3 is 1. The quantitative estimate of drug-likeness (QED) is 0.644. The van der Waals surface area contributed by atoms with Crippen LogP contribution in [0.4, 0.5) is 10.8 Å². The number of ketones is 1. The molecule has 0 unspecified atom stereocenters. The summed E-state index contributed by atoms with van der Waals surface area (Å²) in [4.78, 5) is 30.2. The SMILES string of the molecule is COC(=O)c1nc(N2CCc3ccccc32)sc1C(C)=O. The number of Topliss-reactive ketones (excluding diaryl/α,β-unsaturated/α-hetero) is 1. The van der Waals surface area contributed by atoms with Gasteiger partial charge in [-0.1, -0.05) is 29.5 Å². The van der Waals surface area contributed by atoms with Crippen LogP contribution in [0.3, 0.4) is 0 Å². The predicted molar refractivity (Wildman–Crippen MR) is 80.6 cm³/mol. The third-order valence-corrected chi connectivity index (χ3v) is 4.61. The first-order valence-corrected chi connectivity index (χ1v) is 7.39. The van der Waals surface area contributed by atoms with E-state index >= 15 is 0 Å². The van der Waals surface area contributed by atoms with Gasteiger partial charge in [-0.05, 0) is 18.1 Å². The van der Waals surface area contributed by atoms with E-state index in [1.165, 1.54) is 30.9 Å². The fourth-order valence-electron chi connectivity index (χ4n) is 2.43. The normalized spacial score (nSPS) is 13.1. The largest absolute Gasteiger partial charge is 0.464 e. The van der Waals surface area contributed by atoms with E-state index in [1.807, 2.05) is 23.1 Å². The summed E-state index contributed by atoms with van der Waals surface area (Å²) in [5.41, 5.74) is 2.43. The van der Waals surface area contributed by atoms with E-state index < -0.39 is 5.97 Å². The van der Waals surface area contributed by atoms with Gasteiger partial charge in [0, 0.05) is 19.2 Å². The molecule has 0 bridgehead atoms. The van der Waals surface area contributed by atoms with Crippen molar-refractivity contribution < 1.29 is 14.3 Å². The number of para-hydroxylation sites is 1. The summed E-state index contributed by atoms with van der Waals surface area (Å²) in [5, 5.41) is 0.658. The second-order valence-corrected chi connectivity index (χ2v) is 5.73. The van der Waals surface area contributed by atoms with Crippen LogP contribution in [0.1, 0.15) is 32.6 Å². The van der Waals surface area contributed by atoms with Crippen LogP contribution in [0.25, 0.3) is 0 Å². The number of hydrogen-bond donors (Lipinski definition) is 0. The molecule has 0 saturated heterocycles. The van der Waals surface area contributed by atoms with Crippen LogP contribution in [0.5, 0.6) is 0 Å². The number of thiazole rings is 1. The average molecular weight is 302 g/mol. The first-order valence-electron chi connectivity index (χ1n) is 6.57. The minimum Gasteiger partial charge on any atom is -0.464 e. The van der Waals surface area contributed by atoms with Crippen LogP contribution < -0.4 is 4.90 Å². The van der Waals surface area contributed by atoms with Crippen molar-refractivity contribution in [2.75, 3.05) is 18.6 Å². The lowest BCUT2D eigenvalue weighted by Crippen LogP contribution is -2.13. The molecule has 0 spiro atoms. The smallest absolute Gasteiger partial charge is 0.358 e. The molecule has 2 heterocycles. The van der Waals surface area contributed by atoms with Gasteiger partial charge in [-0.3, -0.25) is 4.79 Å². The molecular formula is C15H14N2O3S. The van der Waals surface area contributed by atoms with Crippen LogP contribution >= 0.6 is 11.3 Å². The Morgan fingerprint density at radius 2 is 2.10 bits per heavy atom. The summed E-state index contributed by atoms with van der Waals surface area (Å²) in [6.45, 7) is 2.23. The Bertz CT molecular complexity index is 723. The number of hydrogen-bond acceptors (Lipinski definition) is 6. The molecule has 1 aromatic carbocycles. The number of carbonyl (C=O) groups is 2. The number of fused-ring (bicyclic) bond motifs is 1. The highest BCUT2D eigenvalue weighted by Crippen LogP contribution is 2.37. The monoisotopic (exact) mass is 302 g/mol. The number of rotatable bonds is 3. The number of ether oxygens (including phenoxy) is 1. The zero-order valence-electron chi connectivity index (χ0n) is 11.8. The van der Waals surface area contributed by atoms with Gasteiger partial charge in [-0.25, -0.2) is 9.78 Å². The molecule has 2 aromatic rings. The van der Waals surface area contributed by atoms with E-state index in [1.54, 1.807) is 0 Å². The highest BCUT2D eigenvalue weighted by atomic mass is 32.1. The van der Waals surface area contributed by atoms with E-state index in [4.69, 9.17) is 4.74 Å². The fraction of sp³-hybridized carbons (Fsp3) is 0.267. The lowest BCUT2D eigenvalue weighted by atomic mass is 10.2. The minimum absolute atomic E-state index is 0.106. The lowest BCUT2D eigenvalue weighted by molar-refractivity contribution is 0.0591. The van der Waals surface area contributed by atoms with Gasteiger partial charge in [0.2, 0.25) is 0 Å². The number of carbonyl (C=O) groups excluding carboxylic acids is 2. The van der Waals surface area contributed by atoms with Gasteiger partial charge in [0.1, 0.15) is 4.88 Å². The molecule has 21 heavy (non-hydrogen) atoms. The van der Waals surface area contributed by atoms with Crippen LogP contribution in [0.15, 0.2) is 24.3 Å². The summed E-state index contributed by atoms with van der Waals surface area (Å²) in [6, 6.07) is 8.08. The molecule has 6 heteroatoms. The molecule has 108 valence electrons. The highest BCUT2D eigenvalue weighted by Gasteiger charge is 2.27. The van der Waals surface area contributed by atoms with Crippen molar-refractivity contribution in [3.8, 4) is 0 Å². The van der Waals surface area contributed by atoms with Crippen LogP contribution in [-0.2, 0) is 11.2 Å². The summed E-state index contributed by atoms with van der Waals surface area (Å²) >= 11 is 1.24. The van der Waals surface area contributed by atoms with E-state index in [0.29, 0.717) is 10.0 Å². The molecule has 1 aliphatic rings. The Hall–Kier alpha value is -2.21. The zero-order chi connectivity index (χ0) is 15.0. The van der Waals surface area contributed by atoms with Crippen LogP contribution in [0, 0.1) is 0 Å². The Balaban J connectivity index is 2.05. The highest BCUT2D eigenvalue weighted by molar-refractivity contribution is 7.17. The Labute approximate surface area is 126 Å². The molecule has 0 saturated carbocycles. The molecule has 0 aliphatic carbocycles. The molecule has 0 atom stereocenters. The molecular weight excluding hydrogens is 288 g/mol. The first-order chi connectivity index (χ1) is 10.1. The van der Waals surface area contributed by atoms with Crippen molar-refractivity contribution in [1.29, 1.82) is 0 Å². The Morgan fingerprint density at radius 1 is 1.33 bits per heavy atom. The topological polar surface area (TPSA) is 59.5 Å². The summed E-state index contributed by atoms with van der Waals surface area (Å²) < 4.78 is 4.71. The second kappa shape index (κ2) is 5.29. The number of benzene rings is 1. The molecule has 3 rings (SSSR count). The standard InChI is InChI=1S/C15H14N2O3S/c1-9(18)13-12(14(19)20-2)16-15(21-13)17-8-7-10-5-3-4-6-11(10)17/h3-6H,7-8H2,1-2H3. The third-order valence-electron chi connectivity index (χ3n) is 3.43.